The molecule has 0 spiro atoms. The summed E-state index contributed by atoms with van der Waals surface area (Å²) in [5, 5.41) is 13.8. The lowest BCUT2D eigenvalue weighted by Gasteiger charge is -2.12. The van der Waals surface area contributed by atoms with E-state index in [1.165, 1.54) is 46.5 Å². The topological polar surface area (TPSA) is 79.2 Å². The van der Waals surface area contributed by atoms with Crippen LogP contribution in [-0.4, -0.2) is 18.0 Å². The minimum Gasteiger partial charge on any atom is -0.448 e. The molecule has 0 bridgehead atoms. The van der Waals surface area contributed by atoms with Crippen LogP contribution in [0.2, 0.25) is 0 Å². The molecule has 1 amide bonds. The number of anilines is 1. The summed E-state index contributed by atoms with van der Waals surface area (Å²) in [6.45, 7) is 1.53. The Balaban J connectivity index is 1.62. The summed E-state index contributed by atoms with van der Waals surface area (Å²) in [6, 6.07) is 5.55. The number of hydrogen-bond donors (Lipinski definition) is 1. The van der Waals surface area contributed by atoms with Gasteiger partial charge in [-0.3, -0.25) is 4.79 Å². The molecular weight excluding hydrogens is 356 g/mol. The lowest BCUT2D eigenvalue weighted by molar-refractivity contribution is -0.123. The van der Waals surface area contributed by atoms with Crippen LogP contribution in [0.4, 0.5) is 5.00 Å². The molecule has 0 fully saturated rings. The Morgan fingerprint density at radius 3 is 2.92 bits per heavy atom. The summed E-state index contributed by atoms with van der Waals surface area (Å²) in [5.41, 5.74) is 1.64. The van der Waals surface area contributed by atoms with E-state index >= 15 is 0 Å². The summed E-state index contributed by atoms with van der Waals surface area (Å²) < 4.78 is 5.31. The maximum atomic E-state index is 12.3. The van der Waals surface area contributed by atoms with E-state index in [-0.39, 0.29) is 0 Å². The smallest absolute Gasteiger partial charge is 0.349 e. The first-order valence-corrected chi connectivity index (χ1v) is 9.89. The molecule has 0 radical (unpaired) electrons. The van der Waals surface area contributed by atoms with Crippen LogP contribution >= 0.6 is 22.7 Å². The third kappa shape index (κ3) is 4.09. The van der Waals surface area contributed by atoms with Crippen molar-refractivity contribution in [1.82, 2.24) is 0 Å². The van der Waals surface area contributed by atoms with Crippen LogP contribution < -0.4 is 5.32 Å². The fourth-order valence-electron chi connectivity index (χ4n) is 2.75. The predicted molar refractivity (Wildman–Crippen MR) is 98.1 cm³/mol. The zero-order valence-corrected chi connectivity index (χ0v) is 15.5. The molecule has 130 valence electrons. The number of nitriles is 1. The van der Waals surface area contributed by atoms with Crippen LogP contribution in [0.5, 0.6) is 0 Å². The zero-order chi connectivity index (χ0) is 17.8. The second-order valence-electron chi connectivity index (χ2n) is 5.93. The molecule has 1 aliphatic rings. The SMILES string of the molecule is CC(OC(=O)c1cc2c(s1)CCCCC2)C(=O)Nc1sccc1C#N. The molecule has 3 rings (SSSR count). The van der Waals surface area contributed by atoms with Crippen molar-refractivity contribution in [2.24, 2.45) is 0 Å². The third-order valence-corrected chi connectivity index (χ3v) is 6.17. The number of aryl methyl sites for hydroxylation is 2. The Morgan fingerprint density at radius 1 is 1.32 bits per heavy atom. The summed E-state index contributed by atoms with van der Waals surface area (Å²) in [7, 11) is 0. The summed E-state index contributed by atoms with van der Waals surface area (Å²) >= 11 is 2.74. The third-order valence-electron chi connectivity index (χ3n) is 4.12. The Labute approximate surface area is 154 Å². The lowest BCUT2D eigenvalue weighted by Crippen LogP contribution is -2.29. The largest absolute Gasteiger partial charge is 0.448 e. The first-order chi connectivity index (χ1) is 12.1. The number of carbonyl (C=O) groups is 2. The number of carbonyl (C=O) groups excluding carboxylic acids is 2. The number of amides is 1. The quantitative estimate of drug-likeness (QED) is 0.644. The van der Waals surface area contributed by atoms with Crippen LogP contribution in [0.25, 0.3) is 0 Å². The standard InChI is InChI=1S/C18H18N2O3S2/c1-11(16(21)20-17-13(10-19)7-8-24-17)23-18(22)15-9-12-5-3-2-4-6-14(12)25-15/h7-9,11H,2-6H2,1H3,(H,20,21). The van der Waals surface area contributed by atoms with E-state index < -0.39 is 18.0 Å². The minimum absolute atomic E-state index is 0.402. The lowest BCUT2D eigenvalue weighted by atomic mass is 10.1. The summed E-state index contributed by atoms with van der Waals surface area (Å²) in [6.07, 6.45) is 4.62. The van der Waals surface area contributed by atoms with Crippen molar-refractivity contribution in [1.29, 1.82) is 5.26 Å². The molecule has 25 heavy (non-hydrogen) atoms. The van der Waals surface area contributed by atoms with E-state index in [1.54, 1.807) is 11.4 Å². The molecule has 2 heterocycles. The summed E-state index contributed by atoms with van der Waals surface area (Å²) in [4.78, 5) is 26.4. The van der Waals surface area contributed by atoms with Gasteiger partial charge in [-0.2, -0.15) is 5.26 Å². The van der Waals surface area contributed by atoms with E-state index in [1.807, 2.05) is 12.1 Å². The fourth-order valence-corrected chi connectivity index (χ4v) is 4.62. The second kappa shape index (κ2) is 7.81. The number of thiophene rings is 2. The van der Waals surface area contributed by atoms with Gasteiger partial charge in [0, 0.05) is 4.88 Å². The second-order valence-corrected chi connectivity index (χ2v) is 7.98. The van der Waals surface area contributed by atoms with Gasteiger partial charge in [-0.1, -0.05) is 6.42 Å². The van der Waals surface area contributed by atoms with E-state index in [0.717, 1.165) is 25.7 Å². The van der Waals surface area contributed by atoms with Gasteiger partial charge in [0.05, 0.1) is 5.56 Å². The Bertz CT molecular complexity index is 808. The van der Waals surface area contributed by atoms with Gasteiger partial charge in [0.15, 0.2) is 6.10 Å². The highest BCUT2D eigenvalue weighted by Gasteiger charge is 2.23. The minimum atomic E-state index is -0.928. The molecule has 5 nitrogen and oxygen atoms in total. The van der Waals surface area contributed by atoms with Crippen LogP contribution in [0.15, 0.2) is 17.5 Å². The summed E-state index contributed by atoms with van der Waals surface area (Å²) in [5.74, 6) is -0.905. The first-order valence-electron chi connectivity index (χ1n) is 8.19. The monoisotopic (exact) mass is 374 g/mol. The average molecular weight is 374 g/mol. The Kier molecular flexibility index (Phi) is 5.51. The van der Waals surface area contributed by atoms with Crippen molar-refractivity contribution >= 4 is 39.6 Å². The van der Waals surface area contributed by atoms with Gasteiger partial charge < -0.3 is 10.1 Å². The van der Waals surface area contributed by atoms with Crippen molar-refractivity contribution in [2.75, 3.05) is 5.32 Å². The highest BCUT2D eigenvalue weighted by atomic mass is 32.1. The highest BCUT2D eigenvalue weighted by Crippen LogP contribution is 2.29. The molecular formula is C18H18N2O3S2. The number of fused-ring (bicyclic) bond motifs is 1. The molecule has 1 aliphatic carbocycles. The number of ether oxygens (including phenoxy) is 1. The van der Waals surface area contributed by atoms with E-state index in [2.05, 4.69) is 5.32 Å². The van der Waals surface area contributed by atoms with Crippen LogP contribution in [0, 0.1) is 11.3 Å². The van der Waals surface area contributed by atoms with Crippen molar-refractivity contribution in [3.63, 3.8) is 0 Å². The van der Waals surface area contributed by atoms with Crippen LogP contribution in [-0.2, 0) is 22.4 Å². The van der Waals surface area contributed by atoms with Gasteiger partial charge in [-0.15, -0.1) is 22.7 Å². The number of nitrogens with zero attached hydrogens (tertiary/aromatic N) is 1. The van der Waals surface area contributed by atoms with Gasteiger partial charge in [-0.05, 0) is 55.7 Å². The molecule has 0 aliphatic heterocycles. The normalized spacial score (nSPS) is 14.7. The van der Waals surface area contributed by atoms with E-state index in [4.69, 9.17) is 10.00 Å². The first kappa shape index (κ1) is 17.6. The van der Waals surface area contributed by atoms with Gasteiger partial charge >= 0.3 is 5.97 Å². The average Bonchev–Trinajstić information content (AvgIpc) is 3.16. The molecule has 1 N–H and O–H groups in total. The zero-order valence-electron chi connectivity index (χ0n) is 13.8. The van der Waals surface area contributed by atoms with Crippen molar-refractivity contribution < 1.29 is 14.3 Å². The maximum Gasteiger partial charge on any atom is 0.349 e. The van der Waals surface area contributed by atoms with Crippen LogP contribution in [0.1, 0.15) is 51.9 Å². The fraction of sp³-hybridized carbons (Fsp3) is 0.389. The maximum absolute atomic E-state index is 12.3. The molecule has 7 heteroatoms. The highest BCUT2D eigenvalue weighted by molar-refractivity contribution is 7.14. The molecule has 1 atom stereocenters. The van der Waals surface area contributed by atoms with Gasteiger partial charge in [0.2, 0.25) is 0 Å². The molecule has 0 saturated heterocycles. The number of rotatable bonds is 4. The van der Waals surface area contributed by atoms with Crippen LogP contribution in [0.3, 0.4) is 0 Å². The molecule has 1 unspecified atom stereocenters. The van der Waals surface area contributed by atoms with Gasteiger partial charge in [0.25, 0.3) is 5.91 Å². The number of esters is 1. The van der Waals surface area contributed by atoms with Gasteiger partial charge in [-0.25, -0.2) is 4.79 Å². The molecule has 0 aromatic carbocycles. The van der Waals surface area contributed by atoms with E-state index in [9.17, 15) is 9.59 Å². The molecule has 2 aromatic heterocycles. The predicted octanol–water partition coefficient (Wildman–Crippen LogP) is 4.13. The molecule has 0 saturated carbocycles. The van der Waals surface area contributed by atoms with Crippen molar-refractivity contribution in [3.05, 3.63) is 38.4 Å². The number of hydrogen-bond acceptors (Lipinski definition) is 6. The van der Waals surface area contributed by atoms with Crippen molar-refractivity contribution in [2.45, 2.75) is 45.1 Å². The van der Waals surface area contributed by atoms with E-state index in [0.29, 0.717) is 15.4 Å². The Hall–Kier alpha value is -2.17. The molecule has 2 aromatic rings. The van der Waals surface area contributed by atoms with Gasteiger partial charge in [0.1, 0.15) is 15.9 Å². The Morgan fingerprint density at radius 2 is 2.12 bits per heavy atom. The van der Waals surface area contributed by atoms with Crippen molar-refractivity contribution in [3.8, 4) is 6.07 Å². The number of nitrogens with one attached hydrogen (secondary N) is 1.